The SMILES string of the molecule is COc1ccc2c(c1)c(C=O)cn2CCCCCCCCN(C)Cc1cccc(O)c1. The summed E-state index contributed by atoms with van der Waals surface area (Å²) < 4.78 is 7.48. The number of aromatic hydroxyl groups is 1. The number of benzene rings is 2. The number of carbonyl (C=O) groups excluding carboxylic acids is 1. The molecule has 1 N–H and O–H groups in total. The van der Waals surface area contributed by atoms with Crippen molar-refractivity contribution in [2.45, 2.75) is 51.6 Å². The summed E-state index contributed by atoms with van der Waals surface area (Å²) >= 11 is 0. The summed E-state index contributed by atoms with van der Waals surface area (Å²) in [4.78, 5) is 13.7. The first-order chi connectivity index (χ1) is 15.1. The van der Waals surface area contributed by atoms with Gasteiger partial charge in [0.25, 0.3) is 0 Å². The molecule has 31 heavy (non-hydrogen) atoms. The molecule has 0 atom stereocenters. The fourth-order valence-electron chi connectivity index (χ4n) is 4.13. The summed E-state index contributed by atoms with van der Waals surface area (Å²) in [6, 6.07) is 13.4. The molecular formula is C26H34N2O3. The highest BCUT2D eigenvalue weighted by molar-refractivity contribution is 5.98. The number of hydrogen-bond acceptors (Lipinski definition) is 4. The van der Waals surface area contributed by atoms with Crippen LogP contribution in [0.3, 0.4) is 0 Å². The highest BCUT2D eigenvalue weighted by atomic mass is 16.5. The predicted octanol–water partition coefficient (Wildman–Crippen LogP) is 5.64. The van der Waals surface area contributed by atoms with E-state index in [9.17, 15) is 9.90 Å². The van der Waals surface area contributed by atoms with Crippen molar-refractivity contribution in [1.82, 2.24) is 9.47 Å². The maximum absolute atomic E-state index is 11.4. The van der Waals surface area contributed by atoms with Gasteiger partial charge in [-0.2, -0.15) is 0 Å². The zero-order valence-corrected chi connectivity index (χ0v) is 18.7. The zero-order chi connectivity index (χ0) is 22.1. The van der Waals surface area contributed by atoms with Gasteiger partial charge in [-0.25, -0.2) is 0 Å². The Kier molecular flexibility index (Phi) is 8.53. The first-order valence-electron chi connectivity index (χ1n) is 11.2. The van der Waals surface area contributed by atoms with Gasteiger partial charge in [-0.05, 0) is 62.3 Å². The normalized spacial score (nSPS) is 11.3. The van der Waals surface area contributed by atoms with Crippen LogP contribution in [0, 0.1) is 0 Å². The van der Waals surface area contributed by atoms with Crippen molar-refractivity contribution >= 4 is 17.2 Å². The van der Waals surface area contributed by atoms with Gasteiger partial charge in [0.2, 0.25) is 0 Å². The van der Waals surface area contributed by atoms with Crippen LogP contribution in [-0.2, 0) is 13.1 Å². The maximum atomic E-state index is 11.4. The molecule has 1 aromatic heterocycles. The third-order valence-electron chi connectivity index (χ3n) is 5.80. The molecule has 166 valence electrons. The molecular weight excluding hydrogens is 388 g/mol. The average Bonchev–Trinajstić information content (AvgIpc) is 3.12. The molecule has 3 rings (SSSR count). The molecule has 5 nitrogen and oxygen atoms in total. The van der Waals surface area contributed by atoms with Gasteiger partial charge in [0, 0.05) is 35.8 Å². The van der Waals surface area contributed by atoms with Gasteiger partial charge in [0.05, 0.1) is 7.11 Å². The number of aromatic nitrogens is 1. The summed E-state index contributed by atoms with van der Waals surface area (Å²) in [6.45, 7) is 2.88. The number of carbonyl (C=O) groups is 1. The van der Waals surface area contributed by atoms with Crippen molar-refractivity contribution in [2.24, 2.45) is 0 Å². The van der Waals surface area contributed by atoms with E-state index in [0.29, 0.717) is 5.75 Å². The van der Waals surface area contributed by atoms with E-state index in [0.717, 1.165) is 60.1 Å². The van der Waals surface area contributed by atoms with Gasteiger partial charge in [-0.15, -0.1) is 0 Å². The second-order valence-electron chi connectivity index (χ2n) is 8.31. The van der Waals surface area contributed by atoms with E-state index in [1.165, 1.54) is 32.1 Å². The topological polar surface area (TPSA) is 54.7 Å². The van der Waals surface area contributed by atoms with Gasteiger partial charge in [0.1, 0.15) is 11.5 Å². The highest BCUT2D eigenvalue weighted by Gasteiger charge is 2.09. The van der Waals surface area contributed by atoms with Crippen molar-refractivity contribution in [3.63, 3.8) is 0 Å². The van der Waals surface area contributed by atoms with Gasteiger partial charge >= 0.3 is 0 Å². The molecule has 0 unspecified atom stereocenters. The van der Waals surface area contributed by atoms with Gasteiger partial charge in [-0.1, -0.05) is 37.8 Å². The van der Waals surface area contributed by atoms with Crippen molar-refractivity contribution in [3.05, 3.63) is 59.8 Å². The molecule has 2 aromatic carbocycles. The standard InChI is InChI=1S/C26H34N2O3/c1-27(18-21-10-9-11-23(30)16-21)14-7-5-3-4-6-8-15-28-19-22(20-29)25-17-24(31-2)12-13-26(25)28/h9-13,16-17,19-20,30H,3-8,14-15,18H2,1-2H3. The molecule has 5 heteroatoms. The van der Waals surface area contributed by atoms with Gasteiger partial charge in [-0.3, -0.25) is 4.79 Å². The first-order valence-corrected chi connectivity index (χ1v) is 11.2. The van der Waals surface area contributed by atoms with Crippen LogP contribution in [0.5, 0.6) is 11.5 Å². The molecule has 0 aliphatic rings. The summed E-state index contributed by atoms with van der Waals surface area (Å²) in [6.07, 6.45) is 10.1. The fourth-order valence-corrected chi connectivity index (χ4v) is 4.13. The second-order valence-corrected chi connectivity index (χ2v) is 8.31. The molecule has 0 spiro atoms. The van der Waals surface area contributed by atoms with Crippen LogP contribution >= 0.6 is 0 Å². The molecule has 0 fully saturated rings. The number of unbranched alkanes of at least 4 members (excludes halogenated alkanes) is 5. The van der Waals surface area contributed by atoms with E-state index < -0.39 is 0 Å². The zero-order valence-electron chi connectivity index (χ0n) is 18.7. The molecule has 3 aromatic rings. The lowest BCUT2D eigenvalue weighted by atomic mass is 10.1. The van der Waals surface area contributed by atoms with E-state index in [2.05, 4.69) is 22.6 Å². The van der Waals surface area contributed by atoms with Gasteiger partial charge < -0.3 is 19.3 Å². The number of ether oxygens (including phenoxy) is 1. The first kappa shape index (κ1) is 22.9. The quantitative estimate of drug-likeness (QED) is 0.286. The Morgan fingerprint density at radius 2 is 1.81 bits per heavy atom. The Hall–Kier alpha value is -2.79. The van der Waals surface area contributed by atoms with Crippen LogP contribution in [0.15, 0.2) is 48.7 Å². The molecule has 0 radical (unpaired) electrons. The van der Waals surface area contributed by atoms with Crippen LogP contribution in [0.2, 0.25) is 0 Å². The summed E-state index contributed by atoms with van der Waals surface area (Å²) in [5.74, 6) is 1.11. The number of methoxy groups -OCH3 is 1. The smallest absolute Gasteiger partial charge is 0.152 e. The Bertz CT molecular complexity index is 980. The van der Waals surface area contributed by atoms with Crippen LogP contribution < -0.4 is 4.74 Å². The van der Waals surface area contributed by atoms with Crippen LogP contribution in [0.25, 0.3) is 10.9 Å². The monoisotopic (exact) mass is 422 g/mol. The number of aldehydes is 1. The predicted molar refractivity (Wildman–Crippen MR) is 126 cm³/mol. The van der Waals surface area contributed by atoms with Gasteiger partial charge in [0.15, 0.2) is 6.29 Å². The third kappa shape index (κ3) is 6.59. The van der Waals surface area contributed by atoms with E-state index in [1.807, 2.05) is 36.5 Å². The van der Waals surface area contributed by atoms with Crippen LogP contribution in [0.1, 0.15) is 54.4 Å². The Morgan fingerprint density at radius 3 is 2.55 bits per heavy atom. The number of rotatable bonds is 13. The molecule has 0 aliphatic heterocycles. The third-order valence-corrected chi connectivity index (χ3v) is 5.80. The Morgan fingerprint density at radius 1 is 1.03 bits per heavy atom. The summed E-state index contributed by atoms with van der Waals surface area (Å²) in [7, 11) is 3.78. The molecule has 0 amide bonds. The molecule has 0 saturated carbocycles. The lowest BCUT2D eigenvalue weighted by Crippen LogP contribution is -2.18. The van der Waals surface area contributed by atoms with Crippen molar-refractivity contribution in [3.8, 4) is 11.5 Å². The van der Waals surface area contributed by atoms with Crippen molar-refractivity contribution in [2.75, 3.05) is 20.7 Å². The number of phenols is 1. The molecule has 1 heterocycles. The fraction of sp³-hybridized carbons (Fsp3) is 0.423. The molecule has 0 saturated heterocycles. The minimum atomic E-state index is 0.334. The van der Waals surface area contributed by atoms with Crippen molar-refractivity contribution in [1.29, 1.82) is 0 Å². The van der Waals surface area contributed by atoms with Crippen LogP contribution in [0.4, 0.5) is 0 Å². The summed E-state index contributed by atoms with van der Waals surface area (Å²) in [5, 5.41) is 10.5. The highest BCUT2D eigenvalue weighted by Crippen LogP contribution is 2.25. The lowest BCUT2D eigenvalue weighted by molar-refractivity contribution is 0.112. The number of nitrogens with zero attached hydrogens (tertiary/aromatic N) is 2. The number of fused-ring (bicyclic) bond motifs is 1. The summed E-state index contributed by atoms with van der Waals surface area (Å²) in [5.41, 5.74) is 2.97. The molecule has 0 bridgehead atoms. The average molecular weight is 423 g/mol. The van der Waals surface area contributed by atoms with E-state index in [4.69, 9.17) is 4.74 Å². The van der Waals surface area contributed by atoms with E-state index in [1.54, 1.807) is 13.2 Å². The lowest BCUT2D eigenvalue weighted by Gasteiger charge is -2.16. The minimum Gasteiger partial charge on any atom is -0.508 e. The largest absolute Gasteiger partial charge is 0.508 e. The second kappa shape index (κ2) is 11.6. The number of aryl methyl sites for hydroxylation is 1. The Labute approximate surface area is 185 Å². The Balaban J connectivity index is 1.32. The number of hydrogen-bond donors (Lipinski definition) is 1. The van der Waals surface area contributed by atoms with E-state index in [-0.39, 0.29) is 0 Å². The molecule has 0 aliphatic carbocycles. The maximum Gasteiger partial charge on any atom is 0.152 e. The number of phenolic OH excluding ortho intramolecular Hbond substituents is 1. The van der Waals surface area contributed by atoms with Crippen LogP contribution in [-0.4, -0.2) is 41.6 Å². The van der Waals surface area contributed by atoms with E-state index >= 15 is 0 Å². The van der Waals surface area contributed by atoms with Crippen molar-refractivity contribution < 1.29 is 14.6 Å². The minimum absolute atomic E-state index is 0.334.